The summed E-state index contributed by atoms with van der Waals surface area (Å²) < 4.78 is 1.74. The van der Waals surface area contributed by atoms with E-state index in [4.69, 9.17) is 22.3 Å². The number of benzene rings is 1. The van der Waals surface area contributed by atoms with Crippen LogP contribution in [-0.2, 0) is 13.0 Å². The first kappa shape index (κ1) is 21.5. The maximum Gasteiger partial charge on any atom is 0.262 e. The molecule has 0 fully saturated rings. The molecule has 0 spiro atoms. The molecule has 0 bridgehead atoms. The van der Waals surface area contributed by atoms with Crippen molar-refractivity contribution in [1.29, 1.82) is 0 Å². The first-order valence-electron chi connectivity index (χ1n) is 9.65. The summed E-state index contributed by atoms with van der Waals surface area (Å²) in [7, 11) is 0. The molecule has 0 unspecified atom stereocenters. The van der Waals surface area contributed by atoms with E-state index in [0.29, 0.717) is 44.5 Å². The van der Waals surface area contributed by atoms with E-state index in [1.807, 2.05) is 24.3 Å². The summed E-state index contributed by atoms with van der Waals surface area (Å²) in [5, 5.41) is 1.15. The number of aromatic nitrogens is 2. The second-order valence-corrected chi connectivity index (χ2v) is 8.35. The second-order valence-electron chi connectivity index (χ2n) is 6.92. The number of hydrogen-bond acceptors (Lipinski definition) is 5. The van der Waals surface area contributed by atoms with Gasteiger partial charge >= 0.3 is 0 Å². The van der Waals surface area contributed by atoms with Crippen LogP contribution in [0.5, 0.6) is 0 Å². The first-order valence-corrected chi connectivity index (χ1v) is 10.8. The van der Waals surface area contributed by atoms with Crippen molar-refractivity contribution in [3.63, 3.8) is 0 Å². The molecule has 1 aromatic carbocycles. The third-order valence-corrected chi connectivity index (χ3v) is 6.62. The normalized spacial score (nSPS) is 11.5. The van der Waals surface area contributed by atoms with Gasteiger partial charge < -0.3 is 10.6 Å². The summed E-state index contributed by atoms with van der Waals surface area (Å²) in [4.78, 5) is 33.1. The summed E-state index contributed by atoms with van der Waals surface area (Å²) in [5.41, 5.74) is 7.00. The lowest BCUT2D eigenvalue weighted by Gasteiger charge is -2.20. The highest BCUT2D eigenvalue weighted by atomic mass is 35.5. The van der Waals surface area contributed by atoms with Crippen LogP contribution < -0.4 is 11.3 Å². The second kappa shape index (κ2) is 9.07. The van der Waals surface area contributed by atoms with Crippen LogP contribution in [0.25, 0.3) is 10.2 Å². The number of nitrogens with two attached hydrogens (primary N) is 1. The van der Waals surface area contributed by atoms with Gasteiger partial charge in [-0.05, 0) is 43.3 Å². The molecule has 0 saturated carbocycles. The number of halogens is 1. The number of nitrogens with zero attached hydrogens (tertiary/aromatic N) is 3. The highest BCUT2D eigenvalue weighted by Crippen LogP contribution is 2.27. The van der Waals surface area contributed by atoms with Crippen LogP contribution in [0.1, 0.15) is 40.5 Å². The number of thiophene rings is 1. The average molecular weight is 433 g/mol. The van der Waals surface area contributed by atoms with E-state index < -0.39 is 5.91 Å². The Morgan fingerprint density at radius 3 is 2.48 bits per heavy atom. The molecule has 0 aliphatic rings. The number of carbonyl (C=O) groups is 1. The molecule has 3 rings (SSSR count). The lowest BCUT2D eigenvalue weighted by molar-refractivity contribution is 0.100. The van der Waals surface area contributed by atoms with Crippen molar-refractivity contribution in [2.24, 2.45) is 5.73 Å². The third kappa shape index (κ3) is 4.52. The minimum absolute atomic E-state index is 0.118. The molecule has 2 N–H and O–H groups in total. The van der Waals surface area contributed by atoms with Crippen LogP contribution in [0.3, 0.4) is 0 Å². The Hall–Kier alpha value is -2.22. The van der Waals surface area contributed by atoms with Gasteiger partial charge in [0.2, 0.25) is 0 Å². The molecule has 8 heteroatoms. The van der Waals surface area contributed by atoms with Gasteiger partial charge in [-0.25, -0.2) is 4.98 Å². The van der Waals surface area contributed by atoms with Gasteiger partial charge in [-0.15, -0.1) is 11.3 Å². The zero-order valence-electron chi connectivity index (χ0n) is 16.9. The van der Waals surface area contributed by atoms with E-state index in [1.165, 1.54) is 11.3 Å². The van der Waals surface area contributed by atoms with Crippen LogP contribution in [0.2, 0.25) is 5.02 Å². The summed E-state index contributed by atoms with van der Waals surface area (Å²) in [5.74, 6) is 0.146. The molecular weight excluding hydrogens is 408 g/mol. The van der Waals surface area contributed by atoms with Gasteiger partial charge in [0, 0.05) is 24.5 Å². The van der Waals surface area contributed by atoms with E-state index in [0.717, 1.165) is 25.2 Å². The van der Waals surface area contributed by atoms with Gasteiger partial charge in [-0.1, -0.05) is 37.6 Å². The fourth-order valence-corrected chi connectivity index (χ4v) is 4.59. The van der Waals surface area contributed by atoms with Crippen molar-refractivity contribution < 1.29 is 4.79 Å². The number of carbonyl (C=O) groups excluding carboxylic acids is 1. The highest BCUT2D eigenvalue weighted by molar-refractivity contribution is 7.20. The molecule has 1 amide bonds. The maximum absolute atomic E-state index is 13.4. The number of primary amides is 1. The van der Waals surface area contributed by atoms with E-state index >= 15 is 0 Å². The van der Waals surface area contributed by atoms with Crippen molar-refractivity contribution in [3.05, 3.63) is 61.5 Å². The first-order chi connectivity index (χ1) is 13.8. The summed E-state index contributed by atoms with van der Waals surface area (Å²) >= 11 is 7.18. The molecule has 3 aromatic rings. The van der Waals surface area contributed by atoms with Gasteiger partial charge in [-0.3, -0.25) is 14.2 Å². The van der Waals surface area contributed by atoms with Crippen molar-refractivity contribution in [3.8, 4) is 0 Å². The summed E-state index contributed by atoms with van der Waals surface area (Å²) in [6.07, 6.45) is 0.503. The molecule has 0 atom stereocenters. The predicted octanol–water partition coefficient (Wildman–Crippen LogP) is 3.45. The van der Waals surface area contributed by atoms with E-state index in [-0.39, 0.29) is 5.56 Å². The SMILES string of the molecule is CCN(CC)CCn1c(Cc2ccc(Cl)cc2)nc2sc(C(N)=O)c(C)c2c1=O. The Kier molecular flexibility index (Phi) is 6.72. The third-order valence-electron chi connectivity index (χ3n) is 5.16. The molecule has 0 saturated heterocycles. The van der Waals surface area contributed by atoms with E-state index in [1.54, 1.807) is 11.5 Å². The number of aryl methyl sites for hydroxylation is 1. The molecule has 29 heavy (non-hydrogen) atoms. The van der Waals surface area contributed by atoms with E-state index in [9.17, 15) is 9.59 Å². The number of likely N-dealkylation sites (N-methyl/N-ethyl adjacent to an activating group) is 1. The molecule has 0 aliphatic heterocycles. The lowest BCUT2D eigenvalue weighted by Crippen LogP contribution is -2.33. The fourth-order valence-electron chi connectivity index (χ4n) is 3.43. The highest BCUT2D eigenvalue weighted by Gasteiger charge is 2.20. The van der Waals surface area contributed by atoms with Crippen molar-refractivity contribution in [1.82, 2.24) is 14.5 Å². The summed E-state index contributed by atoms with van der Waals surface area (Å²) in [6.45, 7) is 9.07. The Labute approximate surface area is 178 Å². The number of rotatable bonds is 8. The number of hydrogen-bond donors (Lipinski definition) is 1. The molecular formula is C21H25ClN4O2S. The zero-order valence-corrected chi connectivity index (χ0v) is 18.4. The average Bonchev–Trinajstić information content (AvgIpc) is 3.03. The van der Waals surface area contributed by atoms with Gasteiger partial charge in [0.25, 0.3) is 11.5 Å². The smallest absolute Gasteiger partial charge is 0.262 e. The molecule has 154 valence electrons. The number of fused-ring (bicyclic) bond motifs is 1. The van der Waals surface area contributed by atoms with Gasteiger partial charge in [0.15, 0.2) is 0 Å². The Balaban J connectivity index is 2.12. The largest absolute Gasteiger partial charge is 0.365 e. The van der Waals surface area contributed by atoms with Crippen LogP contribution >= 0.6 is 22.9 Å². The fraction of sp³-hybridized carbons (Fsp3) is 0.381. The summed E-state index contributed by atoms with van der Waals surface area (Å²) in [6, 6.07) is 7.52. The van der Waals surface area contributed by atoms with Crippen LogP contribution in [0.15, 0.2) is 29.1 Å². The van der Waals surface area contributed by atoms with Gasteiger partial charge in [-0.2, -0.15) is 0 Å². The van der Waals surface area contributed by atoms with E-state index in [2.05, 4.69) is 18.7 Å². The topological polar surface area (TPSA) is 81.2 Å². The zero-order chi connectivity index (χ0) is 21.1. The Morgan fingerprint density at radius 2 is 1.90 bits per heavy atom. The Bertz CT molecular complexity index is 1080. The van der Waals surface area contributed by atoms with Gasteiger partial charge in [0.05, 0.1) is 10.3 Å². The van der Waals surface area contributed by atoms with Gasteiger partial charge in [0.1, 0.15) is 10.7 Å². The van der Waals surface area contributed by atoms with Crippen LogP contribution in [0.4, 0.5) is 0 Å². The molecule has 0 radical (unpaired) electrons. The Morgan fingerprint density at radius 1 is 1.24 bits per heavy atom. The molecule has 6 nitrogen and oxygen atoms in total. The van der Waals surface area contributed by atoms with Crippen molar-refractivity contribution >= 4 is 39.1 Å². The van der Waals surface area contributed by atoms with Crippen LogP contribution in [0, 0.1) is 6.92 Å². The molecule has 0 aliphatic carbocycles. The van der Waals surface area contributed by atoms with Crippen LogP contribution in [-0.4, -0.2) is 40.0 Å². The minimum atomic E-state index is -0.529. The molecule has 2 heterocycles. The quantitative estimate of drug-likeness (QED) is 0.591. The number of amides is 1. The monoisotopic (exact) mass is 432 g/mol. The standard InChI is InChI=1S/C21H25ClN4O2S/c1-4-25(5-2)10-11-26-16(12-14-6-8-15(22)9-7-14)24-20-17(21(26)28)13(3)18(29-20)19(23)27/h6-9H,4-5,10-12H2,1-3H3,(H2,23,27). The predicted molar refractivity (Wildman–Crippen MR) is 119 cm³/mol. The van der Waals surface area contributed by atoms with Crippen molar-refractivity contribution in [2.45, 2.75) is 33.7 Å². The maximum atomic E-state index is 13.4. The minimum Gasteiger partial charge on any atom is -0.365 e. The molecule has 2 aromatic heterocycles. The van der Waals surface area contributed by atoms with Crippen molar-refractivity contribution in [2.75, 3.05) is 19.6 Å². The lowest BCUT2D eigenvalue weighted by atomic mass is 10.1.